The zero-order valence-corrected chi connectivity index (χ0v) is 14.8. The summed E-state index contributed by atoms with van der Waals surface area (Å²) in [4.78, 5) is 11.4. The molecule has 0 radical (unpaired) electrons. The van der Waals surface area contributed by atoms with E-state index in [1.54, 1.807) is 0 Å². The molecule has 4 rings (SSSR count). The van der Waals surface area contributed by atoms with E-state index < -0.39 is 0 Å². The molecule has 0 bridgehead atoms. The number of hydrogen-bond acceptors (Lipinski definition) is 6. The molecule has 0 atom stereocenters. The number of pyridine rings is 1. The average molecular weight is 349 g/mol. The van der Waals surface area contributed by atoms with E-state index in [-0.39, 0.29) is 0 Å². The van der Waals surface area contributed by atoms with Crippen LogP contribution in [0.4, 0.5) is 11.8 Å². The van der Waals surface area contributed by atoms with E-state index in [2.05, 4.69) is 37.5 Å². The Kier molecular flexibility index (Phi) is 5.09. The molecule has 6 heteroatoms. The Bertz CT molecular complexity index is 808. The van der Waals surface area contributed by atoms with E-state index in [1.165, 1.54) is 25.7 Å². The van der Waals surface area contributed by atoms with Gasteiger partial charge in [0.25, 0.3) is 11.8 Å². The Labute approximate surface area is 153 Å². The summed E-state index contributed by atoms with van der Waals surface area (Å²) in [6, 6.07) is 14.0. The summed E-state index contributed by atoms with van der Waals surface area (Å²) >= 11 is 0. The molecule has 0 unspecified atom stereocenters. The lowest BCUT2D eigenvalue weighted by Crippen LogP contribution is -2.24. The summed E-state index contributed by atoms with van der Waals surface area (Å²) in [5.41, 5.74) is 2.01. The van der Waals surface area contributed by atoms with Crippen molar-refractivity contribution in [2.75, 3.05) is 23.3 Å². The third-order valence-corrected chi connectivity index (χ3v) is 4.64. The molecule has 1 aromatic carbocycles. The maximum atomic E-state index is 5.30. The first-order valence-electron chi connectivity index (χ1n) is 9.21. The average Bonchev–Trinajstić information content (AvgIpc) is 3.01. The standard InChI is InChI=1S/C20H23N5O/c1-2-7-13-25(12-6-1)18-11-10-16(14-21-18)15-22-20-23-19(26-24-20)17-8-4-3-5-9-17/h3-5,8-11,14H,1-2,6-7,12-13,15H2,(H,22,24). The van der Waals surface area contributed by atoms with Gasteiger partial charge in [-0.15, -0.1) is 0 Å². The molecule has 134 valence electrons. The van der Waals surface area contributed by atoms with E-state index >= 15 is 0 Å². The van der Waals surface area contributed by atoms with Gasteiger partial charge in [0.1, 0.15) is 5.82 Å². The summed E-state index contributed by atoms with van der Waals surface area (Å²) in [7, 11) is 0. The van der Waals surface area contributed by atoms with Gasteiger partial charge in [-0.25, -0.2) is 4.98 Å². The molecular formula is C20H23N5O. The zero-order valence-electron chi connectivity index (χ0n) is 14.8. The molecule has 1 aliphatic rings. The van der Waals surface area contributed by atoms with Crippen LogP contribution in [-0.2, 0) is 6.54 Å². The molecule has 0 spiro atoms. The molecule has 2 aromatic heterocycles. The Morgan fingerprint density at radius 3 is 2.50 bits per heavy atom. The second-order valence-electron chi connectivity index (χ2n) is 6.57. The van der Waals surface area contributed by atoms with Gasteiger partial charge in [-0.05, 0) is 41.8 Å². The second kappa shape index (κ2) is 7.99. The van der Waals surface area contributed by atoms with Gasteiger partial charge in [-0.3, -0.25) is 0 Å². The smallest absolute Gasteiger partial charge is 0.264 e. The summed E-state index contributed by atoms with van der Waals surface area (Å²) in [6.45, 7) is 2.83. The fourth-order valence-electron chi connectivity index (χ4n) is 3.18. The first kappa shape index (κ1) is 16.6. The number of benzene rings is 1. The fraction of sp³-hybridized carbons (Fsp3) is 0.350. The molecule has 0 saturated carbocycles. The molecule has 0 amide bonds. The molecule has 1 saturated heterocycles. The highest BCUT2D eigenvalue weighted by molar-refractivity contribution is 5.53. The van der Waals surface area contributed by atoms with E-state index in [4.69, 9.17) is 4.52 Å². The van der Waals surface area contributed by atoms with Crippen LogP contribution in [-0.4, -0.2) is 28.2 Å². The fourth-order valence-corrected chi connectivity index (χ4v) is 3.18. The van der Waals surface area contributed by atoms with Gasteiger partial charge < -0.3 is 14.7 Å². The number of anilines is 2. The summed E-state index contributed by atoms with van der Waals surface area (Å²) in [6.07, 6.45) is 7.09. The van der Waals surface area contributed by atoms with Gasteiger partial charge in [-0.1, -0.05) is 37.1 Å². The molecule has 3 heterocycles. The quantitative estimate of drug-likeness (QED) is 0.747. The molecular weight excluding hydrogens is 326 g/mol. The van der Waals surface area contributed by atoms with Crippen LogP contribution in [0.25, 0.3) is 11.5 Å². The predicted octanol–water partition coefficient (Wildman–Crippen LogP) is 4.12. The van der Waals surface area contributed by atoms with Crippen molar-refractivity contribution in [3.8, 4) is 11.5 Å². The Hall–Kier alpha value is -2.89. The maximum Gasteiger partial charge on any atom is 0.264 e. The summed E-state index contributed by atoms with van der Waals surface area (Å²) < 4.78 is 5.30. The largest absolute Gasteiger partial charge is 0.357 e. The van der Waals surface area contributed by atoms with Crippen LogP contribution < -0.4 is 10.2 Å². The first-order valence-corrected chi connectivity index (χ1v) is 9.21. The van der Waals surface area contributed by atoms with Crippen molar-refractivity contribution in [3.05, 3.63) is 54.2 Å². The van der Waals surface area contributed by atoms with E-state index in [1.807, 2.05) is 36.5 Å². The lowest BCUT2D eigenvalue weighted by atomic mass is 10.2. The highest BCUT2D eigenvalue weighted by atomic mass is 16.5. The second-order valence-corrected chi connectivity index (χ2v) is 6.57. The third-order valence-electron chi connectivity index (χ3n) is 4.64. The summed E-state index contributed by atoms with van der Waals surface area (Å²) in [5.74, 6) is 2.07. The van der Waals surface area contributed by atoms with Crippen molar-refractivity contribution >= 4 is 11.8 Å². The number of nitrogens with one attached hydrogen (secondary N) is 1. The van der Waals surface area contributed by atoms with Crippen molar-refractivity contribution in [3.63, 3.8) is 0 Å². The highest BCUT2D eigenvalue weighted by Gasteiger charge is 2.11. The Morgan fingerprint density at radius 1 is 0.962 bits per heavy atom. The van der Waals surface area contributed by atoms with E-state index in [0.29, 0.717) is 18.4 Å². The van der Waals surface area contributed by atoms with Gasteiger partial charge in [-0.2, -0.15) is 4.98 Å². The first-order chi connectivity index (χ1) is 12.9. The Morgan fingerprint density at radius 2 is 1.77 bits per heavy atom. The van der Waals surface area contributed by atoms with Gasteiger partial charge in [0.05, 0.1) is 0 Å². The number of hydrogen-bond donors (Lipinski definition) is 1. The summed E-state index contributed by atoms with van der Waals surface area (Å²) in [5, 5.41) is 7.17. The molecule has 1 aliphatic heterocycles. The molecule has 6 nitrogen and oxygen atoms in total. The van der Waals surface area contributed by atoms with Crippen molar-refractivity contribution < 1.29 is 4.52 Å². The van der Waals surface area contributed by atoms with Crippen molar-refractivity contribution in [1.82, 2.24) is 15.1 Å². The molecule has 0 aliphatic carbocycles. The number of rotatable bonds is 5. The van der Waals surface area contributed by atoms with Crippen LogP contribution in [0, 0.1) is 0 Å². The number of nitrogens with zero attached hydrogens (tertiary/aromatic N) is 4. The topological polar surface area (TPSA) is 67.1 Å². The van der Waals surface area contributed by atoms with Crippen LogP contribution in [0.15, 0.2) is 53.2 Å². The maximum absolute atomic E-state index is 5.30. The van der Waals surface area contributed by atoms with Crippen LogP contribution in [0.5, 0.6) is 0 Å². The normalized spacial score (nSPS) is 14.8. The van der Waals surface area contributed by atoms with Crippen molar-refractivity contribution in [2.45, 2.75) is 32.2 Å². The lowest BCUT2D eigenvalue weighted by molar-refractivity contribution is 0.432. The van der Waals surface area contributed by atoms with E-state index in [9.17, 15) is 0 Å². The molecule has 3 aromatic rings. The van der Waals surface area contributed by atoms with Gasteiger partial charge in [0, 0.05) is 31.4 Å². The predicted molar refractivity (Wildman–Crippen MR) is 102 cm³/mol. The van der Waals surface area contributed by atoms with E-state index in [0.717, 1.165) is 30.0 Å². The molecule has 1 fully saturated rings. The highest BCUT2D eigenvalue weighted by Crippen LogP contribution is 2.19. The van der Waals surface area contributed by atoms with Gasteiger partial charge in [0.2, 0.25) is 0 Å². The van der Waals surface area contributed by atoms with Crippen LogP contribution in [0.3, 0.4) is 0 Å². The van der Waals surface area contributed by atoms with Crippen molar-refractivity contribution in [2.24, 2.45) is 0 Å². The monoisotopic (exact) mass is 349 g/mol. The van der Waals surface area contributed by atoms with Crippen LogP contribution >= 0.6 is 0 Å². The SMILES string of the molecule is c1ccc(-c2nc(NCc3ccc(N4CCCCCC4)nc3)no2)cc1. The Balaban J connectivity index is 1.35. The zero-order chi connectivity index (χ0) is 17.6. The number of aromatic nitrogens is 3. The lowest BCUT2D eigenvalue weighted by Gasteiger charge is -2.21. The van der Waals surface area contributed by atoms with Gasteiger partial charge in [0.15, 0.2) is 0 Å². The van der Waals surface area contributed by atoms with Crippen LogP contribution in [0.2, 0.25) is 0 Å². The molecule has 1 N–H and O–H groups in total. The molecule has 26 heavy (non-hydrogen) atoms. The minimum absolute atomic E-state index is 0.487. The van der Waals surface area contributed by atoms with Crippen LogP contribution in [0.1, 0.15) is 31.2 Å². The minimum Gasteiger partial charge on any atom is -0.357 e. The minimum atomic E-state index is 0.487. The van der Waals surface area contributed by atoms with Gasteiger partial charge >= 0.3 is 0 Å². The third kappa shape index (κ3) is 4.02. The van der Waals surface area contributed by atoms with Crippen molar-refractivity contribution in [1.29, 1.82) is 0 Å².